The largest absolute Gasteiger partial charge is 0.436 e. The van der Waals surface area contributed by atoms with Gasteiger partial charge >= 0.3 is 5.91 Å². The number of nitrogens with one attached hydrogen (secondary N) is 2. The second kappa shape index (κ2) is 5.03. The van der Waals surface area contributed by atoms with Gasteiger partial charge in [0.15, 0.2) is 11.6 Å². The van der Waals surface area contributed by atoms with Crippen LogP contribution in [-0.4, -0.2) is 31.1 Å². The van der Waals surface area contributed by atoms with Gasteiger partial charge in [0.25, 0.3) is 0 Å². The van der Waals surface area contributed by atoms with Crippen molar-refractivity contribution in [3.05, 3.63) is 17.9 Å². The SMILES string of the molecule is CNc1ccc(C(=O)NN2CCCCC2)o1. The maximum atomic E-state index is 11.8. The number of anilines is 1. The van der Waals surface area contributed by atoms with Gasteiger partial charge in [-0.05, 0) is 18.9 Å². The molecule has 0 radical (unpaired) electrons. The van der Waals surface area contributed by atoms with Gasteiger partial charge in [-0.15, -0.1) is 0 Å². The Morgan fingerprint density at radius 2 is 2.06 bits per heavy atom. The zero-order valence-electron chi connectivity index (χ0n) is 9.45. The lowest BCUT2D eigenvalue weighted by Crippen LogP contribution is -2.44. The van der Waals surface area contributed by atoms with E-state index in [0.29, 0.717) is 11.6 Å². The van der Waals surface area contributed by atoms with E-state index in [1.807, 2.05) is 5.01 Å². The molecule has 16 heavy (non-hydrogen) atoms. The molecular formula is C11H17N3O2. The first kappa shape index (κ1) is 11.0. The van der Waals surface area contributed by atoms with E-state index in [2.05, 4.69) is 10.7 Å². The van der Waals surface area contributed by atoms with E-state index < -0.39 is 0 Å². The second-order valence-electron chi connectivity index (χ2n) is 3.90. The highest BCUT2D eigenvalue weighted by Gasteiger charge is 2.16. The molecular weight excluding hydrogens is 206 g/mol. The monoisotopic (exact) mass is 223 g/mol. The Kier molecular flexibility index (Phi) is 3.46. The number of rotatable bonds is 3. The quantitative estimate of drug-likeness (QED) is 0.814. The van der Waals surface area contributed by atoms with Crippen molar-refractivity contribution >= 4 is 11.8 Å². The van der Waals surface area contributed by atoms with Crippen LogP contribution in [0.3, 0.4) is 0 Å². The predicted molar refractivity (Wildman–Crippen MR) is 61.1 cm³/mol. The minimum absolute atomic E-state index is 0.177. The number of hydrogen-bond donors (Lipinski definition) is 2. The molecule has 0 aromatic carbocycles. The van der Waals surface area contributed by atoms with Crippen molar-refractivity contribution in [1.82, 2.24) is 10.4 Å². The van der Waals surface area contributed by atoms with E-state index in [1.165, 1.54) is 6.42 Å². The predicted octanol–water partition coefficient (Wildman–Crippen LogP) is 1.45. The molecule has 5 nitrogen and oxygen atoms in total. The van der Waals surface area contributed by atoms with Gasteiger partial charge in [-0.25, -0.2) is 5.01 Å². The van der Waals surface area contributed by atoms with E-state index in [1.54, 1.807) is 19.2 Å². The molecule has 0 atom stereocenters. The van der Waals surface area contributed by atoms with Crippen molar-refractivity contribution in [2.24, 2.45) is 0 Å². The van der Waals surface area contributed by atoms with E-state index in [4.69, 9.17) is 4.42 Å². The maximum absolute atomic E-state index is 11.8. The van der Waals surface area contributed by atoms with Gasteiger partial charge in [0.05, 0.1) is 0 Å². The van der Waals surface area contributed by atoms with E-state index >= 15 is 0 Å². The molecule has 2 heterocycles. The molecule has 0 bridgehead atoms. The van der Waals surface area contributed by atoms with Crippen molar-refractivity contribution in [2.75, 3.05) is 25.5 Å². The third-order valence-corrected chi connectivity index (χ3v) is 2.69. The fourth-order valence-electron chi connectivity index (χ4n) is 1.80. The highest BCUT2D eigenvalue weighted by atomic mass is 16.4. The van der Waals surface area contributed by atoms with Gasteiger partial charge in [-0.3, -0.25) is 10.2 Å². The molecule has 1 aromatic rings. The van der Waals surface area contributed by atoms with Crippen molar-refractivity contribution in [1.29, 1.82) is 0 Å². The van der Waals surface area contributed by atoms with E-state index in [-0.39, 0.29) is 5.91 Å². The number of furan rings is 1. The summed E-state index contributed by atoms with van der Waals surface area (Å²) in [5.74, 6) is 0.766. The van der Waals surface area contributed by atoms with Crippen molar-refractivity contribution in [3.63, 3.8) is 0 Å². The number of piperidine rings is 1. The fourth-order valence-corrected chi connectivity index (χ4v) is 1.80. The molecule has 2 N–H and O–H groups in total. The smallest absolute Gasteiger partial charge is 0.301 e. The van der Waals surface area contributed by atoms with Crippen LogP contribution < -0.4 is 10.7 Å². The van der Waals surface area contributed by atoms with Crippen molar-refractivity contribution in [3.8, 4) is 0 Å². The van der Waals surface area contributed by atoms with Gasteiger partial charge in [-0.2, -0.15) is 0 Å². The standard InChI is InChI=1S/C11H17N3O2/c1-12-10-6-5-9(16-10)11(15)13-14-7-3-2-4-8-14/h5-6,12H,2-4,7-8H2,1H3,(H,13,15). The van der Waals surface area contributed by atoms with Crippen molar-refractivity contribution < 1.29 is 9.21 Å². The number of hydrazine groups is 1. The molecule has 0 spiro atoms. The first-order valence-electron chi connectivity index (χ1n) is 5.63. The summed E-state index contributed by atoms with van der Waals surface area (Å²) in [6, 6.07) is 3.41. The molecule has 5 heteroatoms. The Morgan fingerprint density at radius 3 is 2.69 bits per heavy atom. The van der Waals surface area contributed by atoms with Gasteiger partial charge < -0.3 is 9.73 Å². The summed E-state index contributed by atoms with van der Waals surface area (Å²) in [4.78, 5) is 11.8. The van der Waals surface area contributed by atoms with Crippen LogP contribution >= 0.6 is 0 Å². The molecule has 0 unspecified atom stereocenters. The summed E-state index contributed by atoms with van der Waals surface area (Å²) in [6.45, 7) is 1.84. The summed E-state index contributed by atoms with van der Waals surface area (Å²) in [5.41, 5.74) is 2.85. The molecule has 88 valence electrons. The van der Waals surface area contributed by atoms with Gasteiger partial charge in [-0.1, -0.05) is 6.42 Å². The minimum Gasteiger partial charge on any atom is -0.436 e. The third-order valence-electron chi connectivity index (χ3n) is 2.69. The van der Waals surface area contributed by atoms with Crippen LogP contribution in [0.1, 0.15) is 29.8 Å². The average Bonchev–Trinajstić information content (AvgIpc) is 2.79. The highest BCUT2D eigenvalue weighted by molar-refractivity contribution is 5.91. The lowest BCUT2D eigenvalue weighted by Gasteiger charge is -2.26. The highest BCUT2D eigenvalue weighted by Crippen LogP contribution is 2.13. The van der Waals surface area contributed by atoms with Gasteiger partial charge in [0, 0.05) is 26.2 Å². The van der Waals surface area contributed by atoms with Crippen molar-refractivity contribution in [2.45, 2.75) is 19.3 Å². The number of carbonyl (C=O) groups is 1. The summed E-state index contributed by atoms with van der Waals surface area (Å²) in [5, 5.41) is 4.80. The number of amides is 1. The molecule has 2 rings (SSSR count). The number of nitrogens with zero attached hydrogens (tertiary/aromatic N) is 1. The van der Waals surface area contributed by atoms with Crippen LogP contribution in [0.5, 0.6) is 0 Å². The molecule has 0 saturated carbocycles. The summed E-state index contributed by atoms with van der Waals surface area (Å²) in [7, 11) is 1.76. The molecule has 0 aliphatic carbocycles. The van der Waals surface area contributed by atoms with E-state index in [9.17, 15) is 4.79 Å². The fraction of sp³-hybridized carbons (Fsp3) is 0.545. The first-order chi connectivity index (χ1) is 7.79. The van der Waals surface area contributed by atoms with Gasteiger partial charge in [0.2, 0.25) is 0 Å². The zero-order valence-corrected chi connectivity index (χ0v) is 9.45. The minimum atomic E-state index is -0.177. The van der Waals surface area contributed by atoms with Crippen LogP contribution in [0.25, 0.3) is 0 Å². The second-order valence-corrected chi connectivity index (χ2v) is 3.90. The Labute approximate surface area is 94.8 Å². The zero-order chi connectivity index (χ0) is 11.4. The Balaban J connectivity index is 1.91. The maximum Gasteiger partial charge on any atom is 0.301 e. The Hall–Kier alpha value is -1.49. The summed E-state index contributed by atoms with van der Waals surface area (Å²) < 4.78 is 5.29. The number of carbonyl (C=O) groups excluding carboxylic acids is 1. The van der Waals surface area contributed by atoms with Crippen LogP contribution in [0.4, 0.5) is 5.88 Å². The first-order valence-corrected chi connectivity index (χ1v) is 5.63. The normalized spacial score (nSPS) is 17.1. The summed E-state index contributed by atoms with van der Waals surface area (Å²) >= 11 is 0. The lowest BCUT2D eigenvalue weighted by molar-refractivity contribution is 0.0722. The molecule has 1 aliphatic heterocycles. The topological polar surface area (TPSA) is 57.5 Å². The Bertz CT molecular complexity index is 356. The lowest BCUT2D eigenvalue weighted by atomic mass is 10.2. The molecule has 1 aliphatic rings. The summed E-state index contributed by atoms with van der Waals surface area (Å²) in [6.07, 6.45) is 3.53. The molecule has 1 fully saturated rings. The van der Waals surface area contributed by atoms with Crippen LogP contribution in [0.2, 0.25) is 0 Å². The average molecular weight is 223 g/mol. The van der Waals surface area contributed by atoms with E-state index in [0.717, 1.165) is 25.9 Å². The van der Waals surface area contributed by atoms with Crippen LogP contribution in [0, 0.1) is 0 Å². The Morgan fingerprint density at radius 1 is 1.31 bits per heavy atom. The van der Waals surface area contributed by atoms with Crippen LogP contribution in [0.15, 0.2) is 16.5 Å². The molecule has 1 aromatic heterocycles. The molecule has 1 amide bonds. The third kappa shape index (κ3) is 2.55. The number of hydrogen-bond acceptors (Lipinski definition) is 4. The molecule has 1 saturated heterocycles. The van der Waals surface area contributed by atoms with Gasteiger partial charge in [0.1, 0.15) is 0 Å². The van der Waals surface area contributed by atoms with Crippen LogP contribution in [-0.2, 0) is 0 Å².